The number of aromatic nitrogens is 3. The molecule has 178 valence electrons. The van der Waals surface area contributed by atoms with Gasteiger partial charge in [0, 0.05) is 48.1 Å². The molecule has 0 amide bonds. The van der Waals surface area contributed by atoms with Gasteiger partial charge in [-0.1, -0.05) is 6.07 Å². The van der Waals surface area contributed by atoms with Gasteiger partial charge in [-0.15, -0.1) is 0 Å². The van der Waals surface area contributed by atoms with E-state index in [1.165, 1.54) is 22.9 Å². The molecular weight excluding hydrogens is 460 g/mol. The molecule has 11 heteroatoms. The van der Waals surface area contributed by atoms with E-state index in [-0.39, 0.29) is 16.4 Å². The maximum Gasteiger partial charge on any atom is 0.358 e. The van der Waals surface area contributed by atoms with Crippen LogP contribution in [0.25, 0.3) is 5.69 Å². The molecule has 0 atom stereocenters. The van der Waals surface area contributed by atoms with Gasteiger partial charge in [0.25, 0.3) is 0 Å². The average Bonchev–Trinajstić information content (AvgIpc) is 3.17. The normalized spacial score (nSPS) is 14.6. The number of aryl methyl sites for hydroxylation is 1. The number of hydrogen-bond donors (Lipinski definition) is 0. The van der Waals surface area contributed by atoms with E-state index in [4.69, 9.17) is 9.47 Å². The van der Waals surface area contributed by atoms with Crippen molar-refractivity contribution in [2.45, 2.75) is 18.7 Å². The minimum Gasteiger partial charge on any atom is -0.453 e. The highest BCUT2D eigenvalue weighted by molar-refractivity contribution is 7.89. The smallest absolute Gasteiger partial charge is 0.358 e. The van der Waals surface area contributed by atoms with Crippen molar-refractivity contribution >= 4 is 21.8 Å². The van der Waals surface area contributed by atoms with Gasteiger partial charge in [-0.25, -0.2) is 18.2 Å². The van der Waals surface area contributed by atoms with Gasteiger partial charge in [0.15, 0.2) is 12.3 Å². The number of Topliss-reactive ketones (excluding diaryl/α,β-unsaturated/α-hetero) is 1. The van der Waals surface area contributed by atoms with E-state index in [0.29, 0.717) is 43.2 Å². The van der Waals surface area contributed by atoms with Crippen LogP contribution in [0, 0.1) is 13.8 Å². The first-order valence-electron chi connectivity index (χ1n) is 10.6. The molecule has 10 nitrogen and oxygen atoms in total. The third-order valence-electron chi connectivity index (χ3n) is 5.52. The third-order valence-corrected chi connectivity index (χ3v) is 7.42. The van der Waals surface area contributed by atoms with E-state index in [1.807, 2.05) is 6.92 Å². The van der Waals surface area contributed by atoms with E-state index in [0.717, 1.165) is 5.69 Å². The van der Waals surface area contributed by atoms with Crippen LogP contribution in [0.5, 0.6) is 0 Å². The van der Waals surface area contributed by atoms with Gasteiger partial charge in [-0.3, -0.25) is 9.78 Å². The summed E-state index contributed by atoms with van der Waals surface area (Å²) in [6.07, 6.45) is 4.05. The maximum atomic E-state index is 13.1. The number of ether oxygens (including phenoxy) is 2. The van der Waals surface area contributed by atoms with Crippen LogP contribution in [0.3, 0.4) is 0 Å². The number of esters is 1. The molecule has 0 aliphatic carbocycles. The highest BCUT2D eigenvalue weighted by Crippen LogP contribution is 2.25. The Morgan fingerprint density at radius 1 is 1.12 bits per heavy atom. The summed E-state index contributed by atoms with van der Waals surface area (Å²) >= 11 is 0. The average molecular weight is 485 g/mol. The number of morpholine rings is 1. The molecule has 0 spiro atoms. The summed E-state index contributed by atoms with van der Waals surface area (Å²) in [6.45, 7) is 4.46. The van der Waals surface area contributed by atoms with E-state index < -0.39 is 22.6 Å². The summed E-state index contributed by atoms with van der Waals surface area (Å²) in [6, 6.07) is 8.29. The van der Waals surface area contributed by atoms with Crippen molar-refractivity contribution in [1.82, 2.24) is 18.8 Å². The van der Waals surface area contributed by atoms with E-state index in [9.17, 15) is 18.0 Å². The molecule has 1 fully saturated rings. The summed E-state index contributed by atoms with van der Waals surface area (Å²) in [7, 11) is -3.67. The van der Waals surface area contributed by atoms with Gasteiger partial charge in [0.2, 0.25) is 15.8 Å². The summed E-state index contributed by atoms with van der Waals surface area (Å²) in [5.74, 6) is -1.12. The Kier molecular flexibility index (Phi) is 6.87. The molecule has 0 bridgehead atoms. The van der Waals surface area contributed by atoms with Crippen molar-refractivity contribution in [3.05, 3.63) is 71.6 Å². The van der Waals surface area contributed by atoms with Crippen LogP contribution < -0.4 is 0 Å². The molecule has 3 heterocycles. The van der Waals surface area contributed by atoms with Gasteiger partial charge < -0.3 is 14.0 Å². The number of carbonyl (C=O) groups is 2. The largest absolute Gasteiger partial charge is 0.453 e. The van der Waals surface area contributed by atoms with Crippen LogP contribution in [0.15, 0.2) is 53.8 Å². The van der Waals surface area contributed by atoms with Crippen molar-refractivity contribution in [1.29, 1.82) is 0 Å². The lowest BCUT2D eigenvalue weighted by atomic mass is 10.1. The predicted molar refractivity (Wildman–Crippen MR) is 121 cm³/mol. The predicted octanol–water partition coefficient (Wildman–Crippen LogP) is 1.94. The molecule has 0 unspecified atom stereocenters. The van der Waals surface area contributed by atoms with E-state index in [1.54, 1.807) is 41.8 Å². The zero-order valence-corrected chi connectivity index (χ0v) is 19.6. The van der Waals surface area contributed by atoms with E-state index >= 15 is 0 Å². The summed E-state index contributed by atoms with van der Waals surface area (Å²) in [5.41, 5.74) is 2.35. The lowest BCUT2D eigenvalue weighted by Crippen LogP contribution is -2.40. The summed E-state index contributed by atoms with van der Waals surface area (Å²) in [5, 5.41) is 0. The van der Waals surface area contributed by atoms with Gasteiger partial charge in [-0.2, -0.15) is 4.31 Å². The van der Waals surface area contributed by atoms with Crippen molar-refractivity contribution in [2.24, 2.45) is 0 Å². The van der Waals surface area contributed by atoms with Crippen LogP contribution in [0.2, 0.25) is 0 Å². The molecule has 0 radical (unpaired) electrons. The number of ketones is 1. The molecule has 0 saturated carbocycles. The number of carbonyl (C=O) groups excluding carboxylic acids is 2. The molecule has 1 aliphatic rings. The summed E-state index contributed by atoms with van der Waals surface area (Å²) in [4.78, 5) is 32.7. The second-order valence-electron chi connectivity index (χ2n) is 7.72. The lowest BCUT2D eigenvalue weighted by Gasteiger charge is -2.26. The van der Waals surface area contributed by atoms with E-state index in [2.05, 4.69) is 9.97 Å². The molecule has 34 heavy (non-hydrogen) atoms. The van der Waals surface area contributed by atoms with Gasteiger partial charge >= 0.3 is 5.97 Å². The number of hydrogen-bond acceptors (Lipinski definition) is 8. The minimum absolute atomic E-state index is 0.0130. The van der Waals surface area contributed by atoms with Gasteiger partial charge in [0.1, 0.15) is 0 Å². The first-order chi connectivity index (χ1) is 16.3. The number of sulfonamides is 1. The minimum atomic E-state index is -3.67. The molecule has 3 aromatic rings. The zero-order valence-electron chi connectivity index (χ0n) is 18.8. The SMILES string of the molecule is Cc1cc(C(=O)COC(=O)c2cnccn2)c(C)n1-c1cccc(S(=O)(=O)N2CCOCC2)c1. The first kappa shape index (κ1) is 23.7. The Hall–Kier alpha value is -3.41. The fourth-order valence-electron chi connectivity index (χ4n) is 3.85. The first-order valence-corrected chi connectivity index (χ1v) is 12.1. The van der Waals surface area contributed by atoms with Crippen LogP contribution in [-0.2, 0) is 19.5 Å². The Morgan fingerprint density at radius 2 is 1.88 bits per heavy atom. The molecule has 1 saturated heterocycles. The van der Waals surface area contributed by atoms with Gasteiger partial charge in [0.05, 0.1) is 24.3 Å². The fraction of sp³-hybridized carbons (Fsp3) is 0.304. The Morgan fingerprint density at radius 3 is 2.59 bits per heavy atom. The van der Waals surface area contributed by atoms with Crippen molar-refractivity contribution in [2.75, 3.05) is 32.9 Å². The molecule has 2 aromatic heterocycles. The number of nitrogens with zero attached hydrogens (tertiary/aromatic N) is 4. The Labute approximate surface area is 197 Å². The van der Waals surface area contributed by atoms with Crippen molar-refractivity contribution in [3.63, 3.8) is 0 Å². The molecule has 0 N–H and O–H groups in total. The molecular formula is C23H24N4O6S. The third kappa shape index (κ3) is 4.76. The second kappa shape index (κ2) is 9.84. The van der Waals surface area contributed by atoms with Crippen LogP contribution in [0.1, 0.15) is 32.2 Å². The highest BCUT2D eigenvalue weighted by atomic mass is 32.2. The van der Waals surface area contributed by atoms with Crippen LogP contribution >= 0.6 is 0 Å². The van der Waals surface area contributed by atoms with Gasteiger partial charge in [-0.05, 0) is 38.1 Å². The molecule has 1 aromatic carbocycles. The maximum absolute atomic E-state index is 13.1. The van der Waals surface area contributed by atoms with Crippen molar-refractivity contribution in [3.8, 4) is 5.69 Å². The summed E-state index contributed by atoms with van der Waals surface area (Å²) < 4.78 is 39.7. The highest BCUT2D eigenvalue weighted by Gasteiger charge is 2.27. The Balaban J connectivity index is 1.56. The fourth-order valence-corrected chi connectivity index (χ4v) is 5.30. The lowest BCUT2D eigenvalue weighted by molar-refractivity contribution is 0.0468. The topological polar surface area (TPSA) is 121 Å². The zero-order chi connectivity index (χ0) is 24.3. The van der Waals surface area contributed by atoms with Crippen LogP contribution in [0.4, 0.5) is 0 Å². The van der Waals surface area contributed by atoms with Crippen molar-refractivity contribution < 1.29 is 27.5 Å². The Bertz CT molecular complexity index is 1310. The standard InChI is InChI=1S/C23H24N4O6S/c1-16-12-20(22(28)15-33-23(29)21-14-24-6-7-25-21)17(2)27(16)18-4-3-5-19(13-18)34(30,31)26-8-10-32-11-9-26/h3-7,12-14H,8-11,15H2,1-2H3. The molecule has 1 aliphatic heterocycles. The second-order valence-corrected chi connectivity index (χ2v) is 9.66. The van der Waals surface area contributed by atoms with Crippen LogP contribution in [-0.4, -0.2) is 71.9 Å². The quantitative estimate of drug-likeness (QED) is 0.369. The number of rotatable bonds is 7. The monoisotopic (exact) mass is 484 g/mol. The number of benzene rings is 1. The molecule has 4 rings (SSSR count).